The van der Waals surface area contributed by atoms with E-state index in [2.05, 4.69) is 31.1 Å². The molecular formula is C11H16N2. The fraction of sp³-hybridized carbons (Fsp3) is 0.364. The van der Waals surface area contributed by atoms with E-state index in [4.69, 9.17) is 0 Å². The van der Waals surface area contributed by atoms with Crippen molar-refractivity contribution in [1.29, 1.82) is 0 Å². The molecule has 0 saturated heterocycles. The van der Waals surface area contributed by atoms with Crippen LogP contribution < -0.4 is 0 Å². The maximum absolute atomic E-state index is 4.09. The molecule has 0 saturated carbocycles. The van der Waals surface area contributed by atoms with Gasteiger partial charge in [0.1, 0.15) is 0 Å². The van der Waals surface area contributed by atoms with Gasteiger partial charge in [-0.15, -0.1) is 0 Å². The Morgan fingerprint density at radius 2 is 2.31 bits per heavy atom. The summed E-state index contributed by atoms with van der Waals surface area (Å²) in [6.45, 7) is 4.31. The van der Waals surface area contributed by atoms with Crippen molar-refractivity contribution in [2.24, 2.45) is 0 Å². The van der Waals surface area contributed by atoms with Gasteiger partial charge in [0.05, 0.1) is 0 Å². The maximum Gasteiger partial charge on any atom is 0.0493 e. The molecule has 0 N–H and O–H groups in total. The van der Waals surface area contributed by atoms with Crippen LogP contribution in [0, 0.1) is 0 Å². The molecule has 0 aromatic carbocycles. The molecular weight excluding hydrogens is 160 g/mol. The summed E-state index contributed by atoms with van der Waals surface area (Å²) >= 11 is 0. The summed E-state index contributed by atoms with van der Waals surface area (Å²) in [6.07, 6.45) is 12.2. The lowest BCUT2D eigenvalue weighted by Crippen LogP contribution is -1.85. The van der Waals surface area contributed by atoms with Gasteiger partial charge in [0, 0.05) is 18.6 Å². The van der Waals surface area contributed by atoms with Gasteiger partial charge in [0.25, 0.3) is 0 Å². The second-order valence-electron chi connectivity index (χ2n) is 2.84. The van der Waals surface area contributed by atoms with Gasteiger partial charge in [0.15, 0.2) is 0 Å². The Bertz CT molecular complexity index is 281. The predicted molar refractivity (Wildman–Crippen MR) is 56.2 cm³/mol. The van der Waals surface area contributed by atoms with Gasteiger partial charge in [-0.2, -0.15) is 5.10 Å². The molecule has 0 atom stereocenters. The van der Waals surface area contributed by atoms with Crippen LogP contribution in [0.5, 0.6) is 0 Å². The molecule has 0 fully saturated rings. The normalized spacial score (nSPS) is 12.6. The lowest BCUT2D eigenvalue weighted by atomic mass is 10.2. The molecule has 13 heavy (non-hydrogen) atoms. The first-order valence-electron chi connectivity index (χ1n) is 4.73. The molecule has 1 aromatic heterocycles. The van der Waals surface area contributed by atoms with Gasteiger partial charge in [-0.25, -0.2) is 4.68 Å². The van der Waals surface area contributed by atoms with Crippen LogP contribution in [0.3, 0.4) is 0 Å². The van der Waals surface area contributed by atoms with Crippen molar-refractivity contribution in [2.45, 2.75) is 26.7 Å². The van der Waals surface area contributed by atoms with Crippen LogP contribution >= 0.6 is 0 Å². The SMILES string of the molecule is CC/C=C(/C=C\n1cccn1)CC. The van der Waals surface area contributed by atoms with Crippen molar-refractivity contribution in [3.8, 4) is 0 Å². The molecule has 1 heterocycles. The van der Waals surface area contributed by atoms with E-state index in [9.17, 15) is 0 Å². The first kappa shape index (κ1) is 9.78. The number of hydrogen-bond donors (Lipinski definition) is 0. The highest BCUT2D eigenvalue weighted by atomic mass is 15.2. The van der Waals surface area contributed by atoms with Crippen LogP contribution in [0.2, 0.25) is 0 Å². The van der Waals surface area contributed by atoms with Crippen molar-refractivity contribution in [3.05, 3.63) is 36.2 Å². The molecule has 1 rings (SSSR count). The fourth-order valence-electron chi connectivity index (χ4n) is 1.13. The first-order chi connectivity index (χ1) is 6.36. The van der Waals surface area contributed by atoms with Crippen molar-refractivity contribution in [3.63, 3.8) is 0 Å². The molecule has 0 amide bonds. The Balaban J connectivity index is 2.61. The lowest BCUT2D eigenvalue weighted by molar-refractivity contribution is 0.932. The standard InChI is InChI=1S/C11H16N2/c1-3-6-11(4-2)7-10-13-9-5-8-12-13/h5-10H,3-4H2,1-2H3/b10-7-,11-6+. The zero-order valence-electron chi connectivity index (χ0n) is 8.27. The van der Waals surface area contributed by atoms with Crippen LogP contribution in [-0.2, 0) is 0 Å². The summed E-state index contributed by atoms with van der Waals surface area (Å²) in [4.78, 5) is 0. The number of allylic oxidation sites excluding steroid dienone is 3. The predicted octanol–water partition coefficient (Wildman–Crippen LogP) is 3.10. The molecule has 0 aliphatic heterocycles. The summed E-state index contributed by atoms with van der Waals surface area (Å²) in [6, 6.07) is 1.92. The summed E-state index contributed by atoms with van der Waals surface area (Å²) < 4.78 is 1.80. The highest BCUT2D eigenvalue weighted by Crippen LogP contribution is 2.04. The van der Waals surface area contributed by atoms with Crippen molar-refractivity contribution in [1.82, 2.24) is 9.78 Å². The van der Waals surface area contributed by atoms with E-state index in [1.807, 2.05) is 18.5 Å². The minimum absolute atomic E-state index is 1.08. The monoisotopic (exact) mass is 176 g/mol. The molecule has 0 bridgehead atoms. The van der Waals surface area contributed by atoms with E-state index in [1.54, 1.807) is 10.9 Å². The molecule has 70 valence electrons. The van der Waals surface area contributed by atoms with Crippen molar-refractivity contribution in [2.75, 3.05) is 0 Å². The second-order valence-corrected chi connectivity index (χ2v) is 2.84. The third-order valence-corrected chi connectivity index (χ3v) is 1.84. The van der Waals surface area contributed by atoms with Crippen LogP contribution in [0.25, 0.3) is 6.20 Å². The fourth-order valence-corrected chi connectivity index (χ4v) is 1.13. The highest BCUT2D eigenvalue weighted by molar-refractivity contribution is 5.32. The van der Waals surface area contributed by atoms with E-state index in [0.29, 0.717) is 0 Å². The molecule has 0 aliphatic carbocycles. The molecule has 0 aliphatic rings. The van der Waals surface area contributed by atoms with Crippen LogP contribution in [0.15, 0.2) is 36.2 Å². The highest BCUT2D eigenvalue weighted by Gasteiger charge is 1.86. The number of nitrogens with zero attached hydrogens (tertiary/aromatic N) is 2. The Morgan fingerprint density at radius 3 is 2.85 bits per heavy atom. The summed E-state index contributed by atoms with van der Waals surface area (Å²) in [5, 5.41) is 4.09. The first-order valence-corrected chi connectivity index (χ1v) is 4.73. The zero-order chi connectivity index (χ0) is 9.52. The van der Waals surface area contributed by atoms with Gasteiger partial charge >= 0.3 is 0 Å². The Hall–Kier alpha value is -1.31. The summed E-state index contributed by atoms with van der Waals surface area (Å²) in [5.74, 6) is 0. The topological polar surface area (TPSA) is 17.8 Å². The lowest BCUT2D eigenvalue weighted by Gasteiger charge is -1.95. The van der Waals surface area contributed by atoms with E-state index >= 15 is 0 Å². The van der Waals surface area contributed by atoms with E-state index in [-0.39, 0.29) is 0 Å². The average Bonchev–Trinajstić information content (AvgIpc) is 2.64. The Labute approximate surface area is 79.6 Å². The largest absolute Gasteiger partial charge is 0.248 e. The molecule has 0 unspecified atom stereocenters. The van der Waals surface area contributed by atoms with Crippen LogP contribution in [-0.4, -0.2) is 9.78 Å². The number of hydrogen-bond acceptors (Lipinski definition) is 1. The van der Waals surface area contributed by atoms with Crippen LogP contribution in [0.1, 0.15) is 26.7 Å². The Morgan fingerprint density at radius 1 is 1.46 bits per heavy atom. The van der Waals surface area contributed by atoms with Gasteiger partial charge in [-0.1, -0.05) is 25.5 Å². The van der Waals surface area contributed by atoms with Crippen LogP contribution in [0.4, 0.5) is 0 Å². The van der Waals surface area contributed by atoms with Gasteiger partial charge in [-0.05, 0) is 25.0 Å². The molecule has 0 spiro atoms. The van der Waals surface area contributed by atoms with Gasteiger partial charge < -0.3 is 0 Å². The van der Waals surface area contributed by atoms with Crippen molar-refractivity contribution >= 4 is 6.20 Å². The van der Waals surface area contributed by atoms with E-state index in [0.717, 1.165) is 12.8 Å². The van der Waals surface area contributed by atoms with E-state index < -0.39 is 0 Å². The smallest absolute Gasteiger partial charge is 0.0493 e. The van der Waals surface area contributed by atoms with Gasteiger partial charge in [0.2, 0.25) is 0 Å². The van der Waals surface area contributed by atoms with E-state index in [1.165, 1.54) is 5.57 Å². The quantitative estimate of drug-likeness (QED) is 0.644. The molecule has 2 heteroatoms. The minimum atomic E-state index is 1.08. The third-order valence-electron chi connectivity index (χ3n) is 1.84. The van der Waals surface area contributed by atoms with Gasteiger partial charge in [-0.3, -0.25) is 0 Å². The minimum Gasteiger partial charge on any atom is -0.248 e. The maximum atomic E-state index is 4.09. The Kier molecular flexibility index (Phi) is 4.03. The zero-order valence-corrected chi connectivity index (χ0v) is 8.27. The molecule has 2 nitrogen and oxygen atoms in total. The number of aromatic nitrogens is 2. The summed E-state index contributed by atoms with van der Waals surface area (Å²) in [5.41, 5.74) is 1.36. The molecule has 1 aromatic rings. The second kappa shape index (κ2) is 5.36. The molecule has 0 radical (unpaired) electrons. The number of rotatable bonds is 4. The summed E-state index contributed by atoms with van der Waals surface area (Å²) in [7, 11) is 0. The average molecular weight is 176 g/mol. The third kappa shape index (κ3) is 3.28. The van der Waals surface area contributed by atoms with Crippen molar-refractivity contribution < 1.29 is 0 Å².